The van der Waals surface area contributed by atoms with Gasteiger partial charge >= 0.3 is 0 Å². The number of oxazole rings is 1. The number of benzene rings is 3. The monoisotopic (exact) mass is 396 g/mol. The van der Waals surface area contributed by atoms with Crippen molar-refractivity contribution >= 4 is 10.9 Å². The van der Waals surface area contributed by atoms with Gasteiger partial charge in [0.2, 0.25) is 0 Å². The zero-order chi connectivity index (χ0) is 20.5. The second-order valence-corrected chi connectivity index (χ2v) is 7.24. The molecule has 0 radical (unpaired) electrons. The molecule has 2 aromatic heterocycles. The number of phenols is 2. The summed E-state index contributed by atoms with van der Waals surface area (Å²) < 4.78 is 6.17. The number of aromatic nitrogens is 2. The molecule has 5 aromatic rings. The Morgan fingerprint density at radius 2 is 1.43 bits per heavy atom. The SMILES string of the molecule is Oc1ccc(-c2nc(CCc3c[nH]c4ccccc34)oc2-c2ccc(O)cc2)cc1. The van der Waals surface area contributed by atoms with Crippen molar-refractivity contribution in [2.45, 2.75) is 12.8 Å². The molecule has 0 amide bonds. The molecule has 0 unspecified atom stereocenters. The number of hydrogen-bond acceptors (Lipinski definition) is 4. The van der Waals surface area contributed by atoms with Gasteiger partial charge in [-0.15, -0.1) is 0 Å². The lowest BCUT2D eigenvalue weighted by Crippen LogP contribution is -1.90. The highest BCUT2D eigenvalue weighted by molar-refractivity contribution is 5.83. The molecule has 5 heteroatoms. The van der Waals surface area contributed by atoms with Crippen LogP contribution in [-0.2, 0) is 12.8 Å². The minimum atomic E-state index is 0.198. The van der Waals surface area contributed by atoms with Gasteiger partial charge in [0, 0.05) is 34.6 Å². The second kappa shape index (κ2) is 7.44. The number of aromatic hydroxyl groups is 2. The summed E-state index contributed by atoms with van der Waals surface area (Å²) >= 11 is 0. The van der Waals surface area contributed by atoms with Crippen LogP contribution < -0.4 is 0 Å². The van der Waals surface area contributed by atoms with Crippen molar-refractivity contribution in [3.63, 3.8) is 0 Å². The Labute approximate surface area is 173 Å². The summed E-state index contributed by atoms with van der Waals surface area (Å²) in [4.78, 5) is 8.07. The van der Waals surface area contributed by atoms with Gasteiger partial charge < -0.3 is 19.6 Å². The van der Waals surface area contributed by atoms with E-state index >= 15 is 0 Å². The van der Waals surface area contributed by atoms with E-state index in [0.717, 1.165) is 28.8 Å². The zero-order valence-corrected chi connectivity index (χ0v) is 16.2. The third-order valence-electron chi connectivity index (χ3n) is 5.22. The van der Waals surface area contributed by atoms with E-state index in [0.29, 0.717) is 18.1 Å². The number of aromatic amines is 1. The molecule has 0 saturated carbocycles. The van der Waals surface area contributed by atoms with Crippen LogP contribution in [0.5, 0.6) is 11.5 Å². The largest absolute Gasteiger partial charge is 0.508 e. The lowest BCUT2D eigenvalue weighted by atomic mass is 10.1. The van der Waals surface area contributed by atoms with Crippen molar-refractivity contribution in [3.8, 4) is 34.1 Å². The lowest BCUT2D eigenvalue weighted by molar-refractivity contribution is 0.474. The second-order valence-electron chi connectivity index (χ2n) is 7.24. The van der Waals surface area contributed by atoms with E-state index in [4.69, 9.17) is 9.40 Å². The van der Waals surface area contributed by atoms with Gasteiger partial charge in [0.1, 0.15) is 17.2 Å². The minimum Gasteiger partial charge on any atom is -0.508 e. The first-order valence-electron chi connectivity index (χ1n) is 9.81. The fourth-order valence-corrected chi connectivity index (χ4v) is 3.67. The van der Waals surface area contributed by atoms with Gasteiger partial charge in [0.15, 0.2) is 11.7 Å². The fourth-order valence-electron chi connectivity index (χ4n) is 3.67. The van der Waals surface area contributed by atoms with Gasteiger partial charge in [-0.25, -0.2) is 4.98 Å². The summed E-state index contributed by atoms with van der Waals surface area (Å²) in [5.41, 5.74) is 4.75. The Bertz CT molecular complexity index is 1240. The molecule has 5 nitrogen and oxygen atoms in total. The third-order valence-corrected chi connectivity index (χ3v) is 5.22. The molecule has 30 heavy (non-hydrogen) atoms. The molecule has 0 atom stereocenters. The first-order chi connectivity index (χ1) is 14.7. The van der Waals surface area contributed by atoms with Gasteiger partial charge in [0.25, 0.3) is 0 Å². The number of H-pyrrole nitrogens is 1. The molecular weight excluding hydrogens is 376 g/mol. The number of fused-ring (bicyclic) bond motifs is 1. The Kier molecular flexibility index (Phi) is 4.48. The van der Waals surface area contributed by atoms with Crippen LogP contribution in [0.4, 0.5) is 0 Å². The van der Waals surface area contributed by atoms with Crippen molar-refractivity contribution in [2.24, 2.45) is 0 Å². The maximum absolute atomic E-state index is 9.63. The van der Waals surface area contributed by atoms with Gasteiger partial charge in [-0.05, 0) is 66.6 Å². The molecule has 0 aliphatic carbocycles. The van der Waals surface area contributed by atoms with Crippen molar-refractivity contribution in [1.29, 1.82) is 0 Å². The quantitative estimate of drug-likeness (QED) is 0.357. The molecule has 3 N–H and O–H groups in total. The maximum atomic E-state index is 9.63. The van der Waals surface area contributed by atoms with Crippen LogP contribution in [0.15, 0.2) is 83.4 Å². The van der Waals surface area contributed by atoms with E-state index in [2.05, 4.69) is 17.1 Å². The Hall–Kier alpha value is -3.99. The highest BCUT2D eigenvalue weighted by Gasteiger charge is 2.17. The van der Waals surface area contributed by atoms with Crippen LogP contribution in [-0.4, -0.2) is 20.2 Å². The average molecular weight is 396 g/mol. The molecule has 0 bridgehead atoms. The molecule has 3 aromatic carbocycles. The molecule has 0 spiro atoms. The van der Waals surface area contributed by atoms with E-state index in [-0.39, 0.29) is 11.5 Å². The van der Waals surface area contributed by atoms with Crippen molar-refractivity contribution in [3.05, 3.63) is 90.4 Å². The molecule has 0 fully saturated rings. The van der Waals surface area contributed by atoms with E-state index < -0.39 is 0 Å². The highest BCUT2D eigenvalue weighted by Crippen LogP contribution is 2.34. The standard InChI is InChI=1S/C25H20N2O3/c28-19-10-5-16(6-11-19)24-25(17-7-12-20(29)13-8-17)30-23(27-24)14-9-18-15-26-22-4-2-1-3-21(18)22/h1-8,10-13,15,26,28-29H,9,14H2. The van der Waals surface area contributed by atoms with Crippen LogP contribution in [0.1, 0.15) is 11.5 Å². The normalized spacial score (nSPS) is 11.2. The van der Waals surface area contributed by atoms with Crippen LogP contribution in [0.3, 0.4) is 0 Å². The summed E-state index contributed by atoms with van der Waals surface area (Å²) in [5, 5.41) is 20.5. The third kappa shape index (κ3) is 3.42. The van der Waals surface area contributed by atoms with Crippen molar-refractivity contribution in [1.82, 2.24) is 9.97 Å². The molecule has 148 valence electrons. The summed E-state index contributed by atoms with van der Waals surface area (Å²) in [6.07, 6.45) is 3.49. The fraction of sp³-hybridized carbons (Fsp3) is 0.0800. The van der Waals surface area contributed by atoms with Crippen molar-refractivity contribution < 1.29 is 14.6 Å². The lowest BCUT2D eigenvalue weighted by Gasteiger charge is -2.02. The van der Waals surface area contributed by atoms with Crippen LogP contribution in [0.25, 0.3) is 33.5 Å². The molecule has 0 saturated heterocycles. The van der Waals surface area contributed by atoms with Crippen LogP contribution in [0, 0.1) is 0 Å². The molecule has 5 rings (SSSR count). The molecule has 2 heterocycles. The number of phenolic OH excluding ortho intramolecular Hbond substituents is 2. The average Bonchev–Trinajstić information content (AvgIpc) is 3.38. The Morgan fingerprint density at radius 3 is 2.17 bits per heavy atom. The summed E-state index contributed by atoms with van der Waals surface area (Å²) in [6.45, 7) is 0. The van der Waals surface area contributed by atoms with E-state index in [1.54, 1.807) is 24.3 Å². The predicted molar refractivity (Wildman–Crippen MR) is 116 cm³/mol. The minimum absolute atomic E-state index is 0.198. The first kappa shape index (κ1) is 18.1. The number of para-hydroxylation sites is 1. The van der Waals surface area contributed by atoms with Crippen LogP contribution in [0.2, 0.25) is 0 Å². The zero-order valence-electron chi connectivity index (χ0n) is 16.2. The number of nitrogens with one attached hydrogen (secondary N) is 1. The number of aryl methyl sites for hydroxylation is 2. The Balaban J connectivity index is 1.50. The van der Waals surface area contributed by atoms with Gasteiger partial charge in [-0.2, -0.15) is 0 Å². The number of hydrogen-bond donors (Lipinski definition) is 3. The van der Waals surface area contributed by atoms with E-state index in [1.165, 1.54) is 10.9 Å². The highest BCUT2D eigenvalue weighted by atomic mass is 16.4. The maximum Gasteiger partial charge on any atom is 0.195 e. The van der Waals surface area contributed by atoms with Gasteiger partial charge in [0.05, 0.1) is 0 Å². The molecular formula is C25H20N2O3. The van der Waals surface area contributed by atoms with E-state index in [9.17, 15) is 10.2 Å². The Morgan fingerprint density at radius 1 is 0.767 bits per heavy atom. The smallest absolute Gasteiger partial charge is 0.195 e. The van der Waals surface area contributed by atoms with E-state index in [1.807, 2.05) is 42.6 Å². The molecule has 0 aliphatic rings. The van der Waals surface area contributed by atoms with Gasteiger partial charge in [-0.1, -0.05) is 18.2 Å². The molecule has 0 aliphatic heterocycles. The first-order valence-corrected chi connectivity index (χ1v) is 9.81. The predicted octanol–water partition coefficient (Wildman–Crippen LogP) is 5.69. The number of nitrogens with zero attached hydrogens (tertiary/aromatic N) is 1. The van der Waals surface area contributed by atoms with Crippen LogP contribution >= 0.6 is 0 Å². The topological polar surface area (TPSA) is 82.3 Å². The van der Waals surface area contributed by atoms with Gasteiger partial charge in [-0.3, -0.25) is 0 Å². The summed E-state index contributed by atoms with van der Waals surface area (Å²) in [6, 6.07) is 22.0. The summed E-state index contributed by atoms with van der Waals surface area (Å²) in [5.74, 6) is 1.69. The summed E-state index contributed by atoms with van der Waals surface area (Å²) in [7, 11) is 0. The number of rotatable bonds is 5. The van der Waals surface area contributed by atoms with Crippen molar-refractivity contribution in [2.75, 3.05) is 0 Å².